The molecule has 0 saturated heterocycles. The van der Waals surface area contributed by atoms with Crippen molar-refractivity contribution in [3.05, 3.63) is 8.96 Å². The summed E-state index contributed by atoms with van der Waals surface area (Å²) in [4.78, 5) is 10.4. The van der Waals surface area contributed by atoms with E-state index in [9.17, 15) is 4.79 Å². The number of nitrogens with two attached hydrogens (primary N) is 1. The molecule has 5 heteroatoms. The van der Waals surface area contributed by atoms with Gasteiger partial charge in [0.05, 0.1) is 0 Å². The van der Waals surface area contributed by atoms with E-state index in [-0.39, 0.29) is 10.5 Å². The van der Waals surface area contributed by atoms with Gasteiger partial charge in [-0.25, -0.2) is 4.79 Å². The minimum Gasteiger partial charge on any atom is -0.477 e. The second-order valence-electron chi connectivity index (χ2n) is 2.40. The van der Waals surface area contributed by atoms with Crippen LogP contribution in [0, 0.1) is 0 Å². The lowest BCUT2D eigenvalue weighted by atomic mass is 10.1. The molecule has 0 aliphatic rings. The lowest BCUT2D eigenvalue weighted by Crippen LogP contribution is -2.18. The second kappa shape index (κ2) is 5.72. The molecule has 0 spiro atoms. The van der Waals surface area contributed by atoms with Crippen LogP contribution >= 0.6 is 31.9 Å². The van der Waals surface area contributed by atoms with E-state index in [1.807, 2.05) is 6.92 Å². The number of carbonyl (C=O) groups is 1. The molecule has 0 aromatic carbocycles. The molecule has 0 amide bonds. The zero-order chi connectivity index (χ0) is 9.72. The summed E-state index contributed by atoms with van der Waals surface area (Å²) < 4.78 is 0.746. The van der Waals surface area contributed by atoms with Crippen molar-refractivity contribution in [2.24, 2.45) is 5.73 Å². The third-order valence-corrected chi connectivity index (χ3v) is 3.46. The summed E-state index contributed by atoms with van der Waals surface area (Å²) in [6, 6.07) is 0.00581. The maximum atomic E-state index is 10.4. The zero-order valence-electron chi connectivity index (χ0n) is 6.68. The first-order valence-corrected chi connectivity index (χ1v) is 5.10. The van der Waals surface area contributed by atoms with Crippen molar-refractivity contribution in [2.75, 3.05) is 0 Å². The normalized spacial score (nSPS) is 15.3. The number of aliphatic carboxylic acids is 1. The molecule has 12 heavy (non-hydrogen) atoms. The Bertz CT molecular complexity index is 204. The summed E-state index contributed by atoms with van der Waals surface area (Å²) in [7, 11) is 0. The van der Waals surface area contributed by atoms with E-state index in [1.165, 1.54) is 0 Å². The predicted molar refractivity (Wildman–Crippen MR) is 55.4 cm³/mol. The van der Waals surface area contributed by atoms with Gasteiger partial charge in [0.2, 0.25) is 0 Å². The largest absolute Gasteiger partial charge is 0.477 e. The highest BCUT2D eigenvalue weighted by Crippen LogP contribution is 2.22. The molecule has 0 bridgehead atoms. The van der Waals surface area contributed by atoms with Gasteiger partial charge in [0.1, 0.15) is 4.48 Å². The molecule has 0 aliphatic carbocycles. The van der Waals surface area contributed by atoms with Gasteiger partial charge in [0.15, 0.2) is 0 Å². The molecule has 0 aromatic heterocycles. The number of halogens is 2. The van der Waals surface area contributed by atoms with E-state index in [1.54, 1.807) is 0 Å². The number of rotatable bonds is 4. The van der Waals surface area contributed by atoms with Gasteiger partial charge in [-0.2, -0.15) is 0 Å². The van der Waals surface area contributed by atoms with Crippen molar-refractivity contribution < 1.29 is 9.90 Å². The van der Waals surface area contributed by atoms with Crippen LogP contribution in [-0.2, 0) is 4.79 Å². The van der Waals surface area contributed by atoms with Crippen molar-refractivity contribution >= 4 is 37.8 Å². The van der Waals surface area contributed by atoms with Crippen LogP contribution in [0.15, 0.2) is 8.96 Å². The molecule has 3 nitrogen and oxygen atoms in total. The molecule has 1 atom stereocenters. The minimum atomic E-state index is -0.981. The van der Waals surface area contributed by atoms with Crippen LogP contribution in [0.3, 0.4) is 0 Å². The minimum absolute atomic E-state index is 0.00581. The standard InChI is InChI=1S/C7H11Br2NO2/c1-2-4(10)3-5(8)6(9)7(11)12/h4H,2-3,10H2,1H3,(H,11,12)/b6-5-. The van der Waals surface area contributed by atoms with E-state index in [4.69, 9.17) is 10.8 Å². The number of hydrogen-bond acceptors (Lipinski definition) is 2. The first kappa shape index (κ1) is 12.1. The fourth-order valence-corrected chi connectivity index (χ4v) is 1.33. The number of hydrogen-bond donors (Lipinski definition) is 2. The van der Waals surface area contributed by atoms with Crippen molar-refractivity contribution in [1.29, 1.82) is 0 Å². The van der Waals surface area contributed by atoms with Crippen LogP contribution < -0.4 is 5.73 Å². The average molecular weight is 301 g/mol. The summed E-state index contributed by atoms with van der Waals surface area (Å²) in [6.07, 6.45) is 1.37. The molecular weight excluding hydrogens is 290 g/mol. The van der Waals surface area contributed by atoms with Gasteiger partial charge in [0, 0.05) is 10.5 Å². The molecule has 0 aromatic rings. The third kappa shape index (κ3) is 4.23. The van der Waals surface area contributed by atoms with Crippen LogP contribution in [0.1, 0.15) is 19.8 Å². The van der Waals surface area contributed by atoms with E-state index >= 15 is 0 Å². The maximum Gasteiger partial charge on any atom is 0.343 e. The smallest absolute Gasteiger partial charge is 0.343 e. The van der Waals surface area contributed by atoms with Crippen LogP contribution in [0.4, 0.5) is 0 Å². The Kier molecular flexibility index (Phi) is 5.78. The van der Waals surface area contributed by atoms with Gasteiger partial charge < -0.3 is 10.8 Å². The summed E-state index contributed by atoms with van der Waals surface area (Å²) in [5.74, 6) is -0.981. The Hall–Kier alpha value is 0.130. The molecule has 3 N–H and O–H groups in total. The van der Waals surface area contributed by atoms with Gasteiger partial charge >= 0.3 is 5.97 Å². The molecule has 0 saturated carbocycles. The first-order valence-electron chi connectivity index (χ1n) is 3.52. The Labute approximate surface area is 88.3 Å². The van der Waals surface area contributed by atoms with Crippen LogP contribution in [0.2, 0.25) is 0 Å². The summed E-state index contributed by atoms with van der Waals surface area (Å²) in [5, 5.41) is 8.56. The van der Waals surface area contributed by atoms with Crippen molar-refractivity contribution in [2.45, 2.75) is 25.8 Å². The fourth-order valence-electron chi connectivity index (χ4n) is 0.580. The summed E-state index contributed by atoms with van der Waals surface area (Å²) in [6.45, 7) is 1.96. The van der Waals surface area contributed by atoms with Crippen molar-refractivity contribution in [1.82, 2.24) is 0 Å². The Morgan fingerprint density at radius 2 is 2.08 bits per heavy atom. The van der Waals surface area contributed by atoms with Crippen molar-refractivity contribution in [3.8, 4) is 0 Å². The van der Waals surface area contributed by atoms with Crippen LogP contribution in [-0.4, -0.2) is 17.1 Å². The topological polar surface area (TPSA) is 63.3 Å². The predicted octanol–water partition coefficient (Wildman–Crippen LogP) is 2.20. The molecule has 1 unspecified atom stereocenters. The van der Waals surface area contributed by atoms with Gasteiger partial charge in [0.25, 0.3) is 0 Å². The average Bonchev–Trinajstić information content (AvgIpc) is 2.02. The molecule has 0 fully saturated rings. The fraction of sp³-hybridized carbons (Fsp3) is 0.571. The zero-order valence-corrected chi connectivity index (χ0v) is 9.85. The maximum absolute atomic E-state index is 10.4. The van der Waals surface area contributed by atoms with Gasteiger partial charge in [-0.05, 0) is 28.8 Å². The second-order valence-corrected chi connectivity index (χ2v) is 4.15. The molecule has 70 valence electrons. The van der Waals surface area contributed by atoms with Crippen molar-refractivity contribution in [3.63, 3.8) is 0 Å². The van der Waals surface area contributed by atoms with E-state index in [0.29, 0.717) is 10.9 Å². The third-order valence-electron chi connectivity index (χ3n) is 1.39. The Balaban J connectivity index is 4.26. The Morgan fingerprint density at radius 1 is 1.58 bits per heavy atom. The molecule has 0 heterocycles. The summed E-state index contributed by atoms with van der Waals surface area (Å²) >= 11 is 6.10. The molecule has 0 radical (unpaired) electrons. The van der Waals surface area contributed by atoms with Gasteiger partial charge in [-0.3, -0.25) is 0 Å². The summed E-state index contributed by atoms with van der Waals surface area (Å²) in [5.41, 5.74) is 5.63. The van der Waals surface area contributed by atoms with E-state index in [2.05, 4.69) is 31.9 Å². The lowest BCUT2D eigenvalue weighted by Gasteiger charge is -2.07. The highest BCUT2D eigenvalue weighted by atomic mass is 79.9. The first-order chi connectivity index (χ1) is 5.49. The lowest BCUT2D eigenvalue weighted by molar-refractivity contribution is -0.131. The monoisotopic (exact) mass is 299 g/mol. The highest BCUT2D eigenvalue weighted by Gasteiger charge is 2.10. The van der Waals surface area contributed by atoms with E-state index < -0.39 is 5.97 Å². The quantitative estimate of drug-likeness (QED) is 0.782. The SMILES string of the molecule is CCC(N)C/C(Br)=C(/Br)C(=O)O. The Morgan fingerprint density at radius 3 is 2.42 bits per heavy atom. The number of carboxylic acids is 1. The number of carboxylic acid groups (broad SMARTS) is 1. The van der Waals surface area contributed by atoms with Crippen LogP contribution in [0.25, 0.3) is 0 Å². The van der Waals surface area contributed by atoms with Crippen LogP contribution in [0.5, 0.6) is 0 Å². The molecule has 0 aliphatic heterocycles. The molecular formula is C7H11Br2NO2. The van der Waals surface area contributed by atoms with Gasteiger partial charge in [-0.15, -0.1) is 0 Å². The van der Waals surface area contributed by atoms with Gasteiger partial charge in [-0.1, -0.05) is 22.9 Å². The van der Waals surface area contributed by atoms with E-state index in [0.717, 1.165) is 6.42 Å². The highest BCUT2D eigenvalue weighted by molar-refractivity contribution is 9.14. The molecule has 0 rings (SSSR count).